The summed E-state index contributed by atoms with van der Waals surface area (Å²) in [4.78, 5) is 80.1. The van der Waals surface area contributed by atoms with E-state index >= 15 is 0 Å². The van der Waals surface area contributed by atoms with Crippen molar-refractivity contribution in [3.05, 3.63) is 58.9 Å². The second-order valence-corrected chi connectivity index (χ2v) is 20.6. The zero-order valence-corrected chi connectivity index (χ0v) is 42.8. The summed E-state index contributed by atoms with van der Waals surface area (Å²) in [6, 6.07) is 8.21. The van der Waals surface area contributed by atoms with Gasteiger partial charge in [-0.25, -0.2) is 5.43 Å². The van der Waals surface area contributed by atoms with Crippen molar-refractivity contribution in [1.82, 2.24) is 35.0 Å². The van der Waals surface area contributed by atoms with Gasteiger partial charge in [0.2, 0.25) is 17.7 Å². The van der Waals surface area contributed by atoms with Gasteiger partial charge in [-0.05, 0) is 105 Å². The molecule has 2 fully saturated rings. The van der Waals surface area contributed by atoms with E-state index in [1.54, 1.807) is 33.4 Å². The highest BCUT2D eigenvalue weighted by atomic mass is 16.5. The number of nitrogens with zero attached hydrogens (tertiary/aromatic N) is 6. The fraction of sp³-hybridized carbons (Fsp3) is 0.585. The van der Waals surface area contributed by atoms with Gasteiger partial charge in [-0.1, -0.05) is 39.8 Å². The van der Waals surface area contributed by atoms with Crippen LogP contribution in [0.15, 0.2) is 47.1 Å². The number of esters is 1. The summed E-state index contributed by atoms with van der Waals surface area (Å²) in [6.45, 7) is 14.7. The lowest BCUT2D eigenvalue weighted by Crippen LogP contribution is -2.62. The topological polar surface area (TPSA) is 187 Å². The lowest BCUT2D eigenvalue weighted by molar-refractivity contribution is -0.155. The number of aryl methyl sites for hydroxylation is 1. The predicted molar refractivity (Wildman–Crippen MR) is 269 cm³/mol. The van der Waals surface area contributed by atoms with Gasteiger partial charge in [-0.15, -0.1) is 0 Å². The van der Waals surface area contributed by atoms with E-state index in [-0.39, 0.29) is 55.8 Å². The van der Waals surface area contributed by atoms with Crippen molar-refractivity contribution in [3.8, 4) is 16.9 Å². The molecule has 6 atom stereocenters. The third kappa shape index (κ3) is 11.6. The van der Waals surface area contributed by atoms with E-state index in [9.17, 15) is 29.1 Å². The van der Waals surface area contributed by atoms with Crippen molar-refractivity contribution in [3.63, 3.8) is 0 Å². The number of likely N-dealkylation sites (N-methyl/N-ethyl adjacent to an activating group) is 2. The van der Waals surface area contributed by atoms with Crippen LogP contribution >= 0.6 is 0 Å². The number of hydrogen-bond donors (Lipinski definition) is 3. The van der Waals surface area contributed by atoms with Gasteiger partial charge in [0.15, 0.2) is 0 Å². The Balaban J connectivity index is 1.24. The van der Waals surface area contributed by atoms with Crippen LogP contribution in [0.5, 0.6) is 5.75 Å². The third-order valence-electron chi connectivity index (χ3n) is 14.2. The molecule has 0 radical (unpaired) electrons. The molecule has 0 saturated carbocycles. The number of rotatable bonds is 15. The third-order valence-corrected chi connectivity index (χ3v) is 14.2. The van der Waals surface area contributed by atoms with E-state index in [1.807, 2.05) is 44.0 Å². The molecule has 5 heterocycles. The number of hydrazine groups is 1. The van der Waals surface area contributed by atoms with E-state index in [0.29, 0.717) is 44.5 Å². The summed E-state index contributed by atoms with van der Waals surface area (Å²) < 4.78 is 19.5. The minimum Gasteiger partial charge on any atom is -0.508 e. The number of allylic oxidation sites excluding steroid dienone is 1. The molecule has 0 spiro atoms. The number of aliphatic imine (C=N–C) groups is 1. The molecule has 4 aliphatic heterocycles. The van der Waals surface area contributed by atoms with Gasteiger partial charge in [-0.2, -0.15) is 0 Å². The zero-order valence-electron chi connectivity index (χ0n) is 42.8. The molecule has 2 aromatic carbocycles. The van der Waals surface area contributed by atoms with Gasteiger partial charge in [0.1, 0.15) is 29.9 Å². The Morgan fingerprint density at radius 3 is 2.56 bits per heavy atom. The van der Waals surface area contributed by atoms with E-state index in [0.717, 1.165) is 70.4 Å². The molecule has 4 amide bonds. The quantitative estimate of drug-likeness (QED) is 0.106. The van der Waals surface area contributed by atoms with E-state index in [1.165, 1.54) is 21.9 Å². The molecule has 6 bridgehead atoms. The fourth-order valence-corrected chi connectivity index (χ4v) is 10.4. The summed E-state index contributed by atoms with van der Waals surface area (Å²) in [5.74, 6) is -2.51. The van der Waals surface area contributed by atoms with Crippen molar-refractivity contribution < 1.29 is 43.3 Å². The standard InChI is InChI=1S/C53H74N8O9/c1-11-60-43-18-17-35-27-39(43)40(48(60)38-15-12-19-54-46(38)33(4)69-10)28-53(5,6)31-70-52(67)41-16-13-21-61(56-41)50(65)42(25-34-23-36(35)26-37(62)24-34)55-49(64)47(32(2)3)58(8)45(63)30-57(7)51(66)44-29-59(44)20-14-22-68-9/h17-19,23-24,26-27,32-33,41-42,44,47,56,62H,11-16,20-22,25,28-31H2,1-10H3,(H,55,64)/t33-,41-,42-,44+,47-,59?/m0/s1. The van der Waals surface area contributed by atoms with Crippen LogP contribution in [0.3, 0.4) is 0 Å². The predicted octanol–water partition coefficient (Wildman–Crippen LogP) is 4.95. The number of benzene rings is 2. The van der Waals surface area contributed by atoms with Crippen LogP contribution in [0.1, 0.15) is 90.5 Å². The second-order valence-electron chi connectivity index (χ2n) is 20.6. The number of fused-ring (bicyclic) bond motifs is 6. The Bertz CT molecular complexity index is 2510. The molecular weight excluding hydrogens is 893 g/mol. The maximum Gasteiger partial charge on any atom is 0.324 e. The summed E-state index contributed by atoms with van der Waals surface area (Å²) in [7, 11) is 6.46. The highest BCUT2D eigenvalue weighted by Gasteiger charge is 2.43. The number of phenolic OH excluding ortho intramolecular Hbond substituents is 1. The molecule has 3 aromatic rings. The van der Waals surface area contributed by atoms with Gasteiger partial charge < -0.3 is 39.0 Å². The minimum atomic E-state index is -1.18. The first kappa shape index (κ1) is 52.2. The van der Waals surface area contributed by atoms with Gasteiger partial charge in [0.25, 0.3) is 5.91 Å². The molecule has 1 aromatic heterocycles. The smallest absolute Gasteiger partial charge is 0.324 e. The Labute approximate surface area is 412 Å². The number of cyclic esters (lactones) is 1. The molecule has 1 unspecified atom stereocenters. The van der Waals surface area contributed by atoms with Crippen LogP contribution in [-0.4, -0.2) is 163 Å². The number of amides is 4. The average molecular weight is 967 g/mol. The first-order valence-corrected chi connectivity index (χ1v) is 24.9. The Hall–Kier alpha value is -5.62. The maximum atomic E-state index is 14.8. The van der Waals surface area contributed by atoms with Gasteiger partial charge in [-0.3, -0.25) is 38.9 Å². The van der Waals surface area contributed by atoms with Crippen LogP contribution in [0.2, 0.25) is 0 Å². The lowest BCUT2D eigenvalue weighted by atomic mass is 9.83. The SMILES string of the molecule is CCn1c(C2=C([C@H](C)OC)N=CCC2)c2c3cc(ccc31)-c1cc(O)cc(c1)C[C@H](NC(=O)[C@H](C(C)C)N(C)C(=O)CN(C)C(=O)[C@H]1CN1CCCOC)C(=O)N1CCC[C@H](N1)C(=O)OCC(C)(C)C2. The number of ether oxygens (including phenoxy) is 3. The average Bonchev–Trinajstić information content (AvgIpc) is 4.05. The molecule has 17 nitrogen and oxygen atoms in total. The molecule has 3 N–H and O–H groups in total. The van der Waals surface area contributed by atoms with Crippen molar-refractivity contribution in [2.75, 3.05) is 67.7 Å². The zero-order chi connectivity index (χ0) is 50.6. The highest BCUT2D eigenvalue weighted by molar-refractivity contribution is 5.96. The van der Waals surface area contributed by atoms with Crippen LogP contribution < -0.4 is 10.7 Å². The van der Waals surface area contributed by atoms with E-state index in [2.05, 4.69) is 48.2 Å². The Morgan fingerprint density at radius 2 is 1.84 bits per heavy atom. The molecule has 2 saturated heterocycles. The number of aromatic nitrogens is 1. The monoisotopic (exact) mass is 967 g/mol. The first-order valence-electron chi connectivity index (χ1n) is 24.9. The van der Waals surface area contributed by atoms with Gasteiger partial charge >= 0.3 is 5.97 Å². The molecule has 0 aliphatic carbocycles. The molecule has 7 rings (SSSR count). The normalized spacial score (nSPS) is 22.4. The molecular formula is C53H74N8O9. The number of carbonyl (C=O) groups excluding carboxylic acids is 5. The molecule has 380 valence electrons. The Morgan fingerprint density at radius 1 is 1.07 bits per heavy atom. The minimum absolute atomic E-state index is 0.0108. The van der Waals surface area contributed by atoms with Crippen molar-refractivity contribution in [2.24, 2.45) is 16.3 Å². The van der Waals surface area contributed by atoms with Crippen molar-refractivity contribution >= 4 is 52.3 Å². The maximum absolute atomic E-state index is 14.8. The number of methoxy groups -OCH3 is 2. The summed E-state index contributed by atoms with van der Waals surface area (Å²) >= 11 is 0. The van der Waals surface area contributed by atoms with Crippen LogP contribution in [0.25, 0.3) is 27.6 Å². The molecule has 4 aliphatic rings. The van der Waals surface area contributed by atoms with Crippen molar-refractivity contribution in [1.29, 1.82) is 0 Å². The van der Waals surface area contributed by atoms with Gasteiger partial charge in [0.05, 0.1) is 30.6 Å². The highest BCUT2D eigenvalue weighted by Crippen LogP contribution is 2.42. The summed E-state index contributed by atoms with van der Waals surface area (Å²) in [6.07, 6.45) is 5.58. The van der Waals surface area contributed by atoms with E-state index in [4.69, 9.17) is 19.2 Å². The summed E-state index contributed by atoms with van der Waals surface area (Å²) in [5, 5.41) is 16.8. The first-order chi connectivity index (χ1) is 33.4. The number of nitrogens with one attached hydrogen (secondary N) is 2. The second kappa shape index (κ2) is 22.2. The number of hydrogen-bond acceptors (Lipinski definition) is 12. The number of phenols is 1. The number of carbonyl (C=O) groups is 5. The van der Waals surface area contributed by atoms with Crippen LogP contribution in [-0.2, 0) is 57.6 Å². The van der Waals surface area contributed by atoms with Crippen molar-refractivity contribution in [2.45, 2.75) is 123 Å². The van der Waals surface area contributed by atoms with Crippen LogP contribution in [0.4, 0.5) is 0 Å². The lowest BCUT2D eigenvalue weighted by Gasteiger charge is -2.37. The van der Waals surface area contributed by atoms with Crippen LogP contribution in [0, 0.1) is 11.3 Å². The van der Waals surface area contributed by atoms with Gasteiger partial charge in [0, 0.05) is 95.6 Å². The molecule has 70 heavy (non-hydrogen) atoms. The fourth-order valence-electron chi connectivity index (χ4n) is 10.4. The number of aromatic hydroxyl groups is 1. The van der Waals surface area contributed by atoms with E-state index < -0.39 is 47.2 Å². The largest absolute Gasteiger partial charge is 0.508 e. The Kier molecular flexibility index (Phi) is 16.6. The molecule has 17 heteroatoms. The summed E-state index contributed by atoms with van der Waals surface area (Å²) in [5.41, 5.74) is 9.99.